The average molecular weight is 569 g/mol. The maximum atomic E-state index is 12.9. The number of hydrogen-bond donors (Lipinski definition) is 2. The Morgan fingerprint density at radius 2 is 1.84 bits per heavy atom. The van der Waals surface area contributed by atoms with Gasteiger partial charge in [-0.25, -0.2) is 4.79 Å². The molecule has 8 nitrogen and oxygen atoms in total. The Kier molecular flexibility index (Phi) is 7.18. The van der Waals surface area contributed by atoms with Gasteiger partial charge in [0, 0.05) is 42.0 Å². The molecule has 196 valence electrons. The molecule has 0 unspecified atom stereocenters. The number of likely N-dealkylation sites (N-methyl/N-ethyl adjacent to an activating group) is 1. The van der Waals surface area contributed by atoms with E-state index in [1.165, 1.54) is 5.56 Å². The van der Waals surface area contributed by atoms with Crippen molar-refractivity contribution >= 4 is 27.6 Å². The van der Waals surface area contributed by atoms with Crippen molar-refractivity contribution in [3.8, 4) is 22.8 Å². The third-order valence-electron chi connectivity index (χ3n) is 8.02. The van der Waals surface area contributed by atoms with Crippen LogP contribution in [0.3, 0.4) is 0 Å². The summed E-state index contributed by atoms with van der Waals surface area (Å²) in [5, 5.41) is 10.7. The SMILES string of the molecule is COc1ccc([C@@]23CC[C@H](NC(=O)Nc4ccc(-c5nn(C)cc5Br)cc4)C[C@H]2N(C)CC3)cc1OC. The molecule has 2 aromatic carbocycles. The Balaban J connectivity index is 1.24. The van der Waals surface area contributed by atoms with Crippen LogP contribution in [-0.2, 0) is 12.5 Å². The van der Waals surface area contributed by atoms with E-state index >= 15 is 0 Å². The lowest BCUT2D eigenvalue weighted by molar-refractivity contribution is 0.156. The molecule has 3 aromatic rings. The minimum absolute atomic E-state index is 0.0541. The predicted octanol–water partition coefficient (Wildman–Crippen LogP) is 5.18. The van der Waals surface area contributed by atoms with Crippen LogP contribution >= 0.6 is 15.9 Å². The summed E-state index contributed by atoms with van der Waals surface area (Å²) in [4.78, 5) is 15.3. The summed E-state index contributed by atoms with van der Waals surface area (Å²) in [6.07, 6.45) is 5.86. The molecule has 37 heavy (non-hydrogen) atoms. The Bertz CT molecular complexity index is 1280. The minimum Gasteiger partial charge on any atom is -0.493 e. The van der Waals surface area contributed by atoms with Gasteiger partial charge < -0.3 is 25.0 Å². The molecule has 1 saturated heterocycles. The maximum Gasteiger partial charge on any atom is 0.319 e. The number of amides is 2. The number of hydrogen-bond acceptors (Lipinski definition) is 5. The molecule has 2 heterocycles. The molecule has 2 aliphatic rings. The topological polar surface area (TPSA) is 80.7 Å². The van der Waals surface area contributed by atoms with Gasteiger partial charge in [-0.3, -0.25) is 4.68 Å². The number of ether oxygens (including phenoxy) is 2. The molecule has 0 bridgehead atoms. The van der Waals surface area contributed by atoms with E-state index in [9.17, 15) is 4.79 Å². The Morgan fingerprint density at radius 1 is 1.08 bits per heavy atom. The largest absolute Gasteiger partial charge is 0.493 e. The van der Waals surface area contributed by atoms with Crippen molar-refractivity contribution < 1.29 is 14.3 Å². The zero-order chi connectivity index (χ0) is 26.2. The zero-order valence-corrected chi connectivity index (χ0v) is 23.3. The number of halogens is 1. The molecule has 2 N–H and O–H groups in total. The van der Waals surface area contributed by atoms with Gasteiger partial charge in [-0.2, -0.15) is 5.10 Å². The van der Waals surface area contributed by atoms with Gasteiger partial charge in [0.05, 0.1) is 18.7 Å². The summed E-state index contributed by atoms with van der Waals surface area (Å²) in [7, 11) is 7.43. The lowest BCUT2D eigenvalue weighted by Gasteiger charge is -2.45. The van der Waals surface area contributed by atoms with Gasteiger partial charge >= 0.3 is 6.03 Å². The number of benzene rings is 2. The summed E-state index contributed by atoms with van der Waals surface area (Å²) in [5.41, 5.74) is 3.96. The van der Waals surface area contributed by atoms with Gasteiger partial charge in [0.1, 0.15) is 5.69 Å². The number of nitrogens with one attached hydrogen (secondary N) is 2. The van der Waals surface area contributed by atoms with Crippen LogP contribution in [-0.4, -0.2) is 60.6 Å². The van der Waals surface area contributed by atoms with E-state index < -0.39 is 0 Å². The predicted molar refractivity (Wildman–Crippen MR) is 148 cm³/mol. The first kappa shape index (κ1) is 25.6. The van der Waals surface area contributed by atoms with E-state index in [1.54, 1.807) is 18.9 Å². The highest BCUT2D eigenvalue weighted by atomic mass is 79.9. The summed E-state index contributed by atoms with van der Waals surface area (Å²) in [6, 6.07) is 14.4. The maximum absolute atomic E-state index is 12.9. The molecule has 9 heteroatoms. The van der Waals surface area contributed by atoms with Crippen LogP contribution in [0.25, 0.3) is 11.3 Å². The number of anilines is 1. The van der Waals surface area contributed by atoms with Crippen LogP contribution in [0.1, 0.15) is 31.2 Å². The van der Waals surface area contributed by atoms with Crippen LogP contribution in [0.4, 0.5) is 10.5 Å². The molecule has 1 aliphatic carbocycles. The number of carbonyl (C=O) groups excluding carboxylic acids is 1. The molecule has 0 radical (unpaired) electrons. The molecule has 1 aromatic heterocycles. The third-order valence-corrected chi connectivity index (χ3v) is 8.60. The van der Waals surface area contributed by atoms with Gasteiger partial charge in [0.15, 0.2) is 11.5 Å². The van der Waals surface area contributed by atoms with Crippen LogP contribution in [0, 0.1) is 0 Å². The molecule has 3 atom stereocenters. The molecule has 2 amide bonds. The first-order chi connectivity index (χ1) is 17.8. The molecular weight excluding hydrogens is 534 g/mol. The first-order valence-electron chi connectivity index (χ1n) is 12.6. The molecule has 5 rings (SSSR count). The van der Waals surface area contributed by atoms with E-state index in [-0.39, 0.29) is 17.5 Å². The van der Waals surface area contributed by atoms with Crippen molar-refractivity contribution in [2.24, 2.45) is 7.05 Å². The van der Waals surface area contributed by atoms with E-state index in [0.717, 1.165) is 65.1 Å². The highest BCUT2D eigenvalue weighted by molar-refractivity contribution is 9.10. The second kappa shape index (κ2) is 10.4. The number of aromatic nitrogens is 2. The monoisotopic (exact) mass is 567 g/mol. The highest BCUT2D eigenvalue weighted by Gasteiger charge is 2.50. The van der Waals surface area contributed by atoms with Gasteiger partial charge in [-0.15, -0.1) is 0 Å². The zero-order valence-electron chi connectivity index (χ0n) is 21.8. The first-order valence-corrected chi connectivity index (χ1v) is 13.4. The van der Waals surface area contributed by atoms with Crippen molar-refractivity contribution in [2.75, 3.05) is 33.1 Å². The van der Waals surface area contributed by atoms with Gasteiger partial charge in [0.2, 0.25) is 0 Å². The highest BCUT2D eigenvalue weighted by Crippen LogP contribution is 2.49. The number of nitrogens with zero attached hydrogens (tertiary/aromatic N) is 3. The number of likely N-dealkylation sites (tertiary alicyclic amines) is 1. The van der Waals surface area contributed by atoms with Gasteiger partial charge in [-0.05, 0) is 85.0 Å². The third kappa shape index (κ3) is 4.94. The fourth-order valence-electron chi connectivity index (χ4n) is 6.11. The Labute approximate surface area is 226 Å². The van der Waals surface area contributed by atoms with Crippen molar-refractivity contribution in [2.45, 2.75) is 43.2 Å². The summed E-state index contributed by atoms with van der Waals surface area (Å²) in [5.74, 6) is 1.52. The normalized spacial score (nSPS) is 23.4. The van der Waals surface area contributed by atoms with Crippen molar-refractivity contribution in [3.05, 3.63) is 58.7 Å². The molecule has 2 fully saturated rings. The summed E-state index contributed by atoms with van der Waals surface area (Å²) < 4.78 is 13.8. The fourth-order valence-corrected chi connectivity index (χ4v) is 6.72. The second-order valence-electron chi connectivity index (χ2n) is 10.1. The van der Waals surface area contributed by atoms with Crippen LogP contribution in [0.5, 0.6) is 11.5 Å². The number of carbonyl (C=O) groups is 1. The smallest absolute Gasteiger partial charge is 0.319 e. The number of rotatable bonds is 6. The second-order valence-corrected chi connectivity index (χ2v) is 11.0. The van der Waals surface area contributed by atoms with Crippen molar-refractivity contribution in [3.63, 3.8) is 0 Å². The summed E-state index contributed by atoms with van der Waals surface area (Å²) in [6.45, 7) is 1.04. The van der Waals surface area contributed by atoms with E-state index in [4.69, 9.17) is 9.47 Å². The number of aryl methyl sites for hydroxylation is 1. The van der Waals surface area contributed by atoms with E-state index in [2.05, 4.69) is 55.7 Å². The Morgan fingerprint density at radius 3 is 2.51 bits per heavy atom. The quantitative estimate of drug-likeness (QED) is 0.428. The fraction of sp³-hybridized carbons (Fsp3) is 0.429. The average Bonchev–Trinajstić information content (AvgIpc) is 3.42. The Hall–Kier alpha value is -3.04. The van der Waals surface area contributed by atoms with Crippen molar-refractivity contribution in [1.82, 2.24) is 20.0 Å². The number of fused-ring (bicyclic) bond motifs is 1. The van der Waals surface area contributed by atoms with Gasteiger partial charge in [-0.1, -0.05) is 18.2 Å². The molecule has 1 aliphatic heterocycles. The van der Waals surface area contributed by atoms with E-state index in [0.29, 0.717) is 6.04 Å². The lowest BCUT2D eigenvalue weighted by Crippen LogP contribution is -2.52. The van der Waals surface area contributed by atoms with Crippen LogP contribution in [0.2, 0.25) is 0 Å². The standard InChI is InChI=1S/C28H34BrN5O3/c1-33-14-13-28(19-7-10-23(36-3)24(15-19)37-4)12-11-21(16-25(28)33)31-27(35)30-20-8-5-18(6-9-20)26-22(29)17-34(2)32-26/h5-10,15,17,21,25H,11-14,16H2,1-4H3,(H2,30,31,35)/t21-,25+,28-/m0/s1. The minimum atomic E-state index is -0.170. The number of urea groups is 1. The lowest BCUT2D eigenvalue weighted by atomic mass is 9.65. The van der Waals surface area contributed by atoms with Crippen molar-refractivity contribution in [1.29, 1.82) is 0 Å². The van der Waals surface area contributed by atoms with Crippen LogP contribution < -0.4 is 20.1 Å². The van der Waals surface area contributed by atoms with Crippen LogP contribution in [0.15, 0.2) is 53.1 Å². The summed E-state index contributed by atoms with van der Waals surface area (Å²) >= 11 is 3.55. The molecule has 1 saturated carbocycles. The molecular formula is C28H34BrN5O3. The van der Waals surface area contributed by atoms with Gasteiger partial charge in [0.25, 0.3) is 0 Å². The molecule has 0 spiro atoms. The van der Waals surface area contributed by atoms with E-state index in [1.807, 2.05) is 43.6 Å². The number of methoxy groups -OCH3 is 2.